The van der Waals surface area contributed by atoms with Gasteiger partial charge in [-0.25, -0.2) is 4.39 Å². The highest BCUT2D eigenvalue weighted by Crippen LogP contribution is 2.29. The largest absolute Gasteiger partial charge is 0.481 e. The quantitative estimate of drug-likeness (QED) is 0.869. The zero-order chi connectivity index (χ0) is 15.4. The molecule has 1 aliphatic rings. The molecule has 1 fully saturated rings. The predicted octanol–water partition coefficient (Wildman–Crippen LogP) is 3.21. The van der Waals surface area contributed by atoms with E-state index in [-0.39, 0.29) is 22.5 Å². The highest BCUT2D eigenvalue weighted by atomic mass is 79.9. The molecule has 4 nitrogen and oxygen atoms in total. The van der Waals surface area contributed by atoms with Crippen LogP contribution in [0, 0.1) is 17.7 Å². The third kappa shape index (κ3) is 3.81. The number of rotatable bonds is 4. The number of amides is 1. The molecule has 0 aliphatic heterocycles. The van der Waals surface area contributed by atoms with E-state index < -0.39 is 23.6 Å². The number of carbonyl (C=O) groups is 2. The van der Waals surface area contributed by atoms with Crippen LogP contribution in [0.2, 0.25) is 0 Å². The van der Waals surface area contributed by atoms with Crippen molar-refractivity contribution in [3.63, 3.8) is 0 Å². The van der Waals surface area contributed by atoms with Crippen LogP contribution >= 0.6 is 15.9 Å². The Morgan fingerprint density at radius 3 is 2.76 bits per heavy atom. The Hall–Kier alpha value is -1.43. The number of halogens is 2. The van der Waals surface area contributed by atoms with E-state index in [0.717, 1.165) is 19.3 Å². The summed E-state index contributed by atoms with van der Waals surface area (Å²) in [6.45, 7) is 0.266. The van der Waals surface area contributed by atoms with Gasteiger partial charge >= 0.3 is 5.97 Å². The molecule has 0 bridgehead atoms. The third-order valence-corrected chi connectivity index (χ3v) is 4.56. The van der Waals surface area contributed by atoms with Crippen LogP contribution in [0.5, 0.6) is 0 Å². The van der Waals surface area contributed by atoms with Crippen molar-refractivity contribution in [2.45, 2.75) is 25.7 Å². The molecule has 1 aliphatic carbocycles. The third-order valence-electron chi connectivity index (χ3n) is 3.95. The van der Waals surface area contributed by atoms with Gasteiger partial charge in [0.2, 0.25) is 0 Å². The number of carbonyl (C=O) groups excluding carboxylic acids is 1. The Kier molecular flexibility index (Phi) is 5.33. The van der Waals surface area contributed by atoms with Gasteiger partial charge < -0.3 is 10.4 Å². The molecular formula is C15H17BrFNO3. The topological polar surface area (TPSA) is 66.4 Å². The second-order valence-electron chi connectivity index (χ2n) is 5.30. The van der Waals surface area contributed by atoms with E-state index in [1.807, 2.05) is 0 Å². The first-order chi connectivity index (χ1) is 10.0. The summed E-state index contributed by atoms with van der Waals surface area (Å²) >= 11 is 3.04. The van der Waals surface area contributed by atoms with Crippen molar-refractivity contribution >= 4 is 27.8 Å². The maximum atomic E-state index is 13.8. The first kappa shape index (κ1) is 15.9. The van der Waals surface area contributed by atoms with Gasteiger partial charge in [0.1, 0.15) is 5.82 Å². The minimum absolute atomic E-state index is 0.0351. The van der Waals surface area contributed by atoms with Gasteiger partial charge in [0.25, 0.3) is 5.91 Å². The van der Waals surface area contributed by atoms with E-state index in [9.17, 15) is 19.1 Å². The number of carboxylic acids is 1. The highest BCUT2D eigenvalue weighted by molar-refractivity contribution is 9.10. The Morgan fingerprint density at radius 2 is 2.05 bits per heavy atom. The molecule has 1 amide bonds. The van der Waals surface area contributed by atoms with Crippen LogP contribution in [0.3, 0.4) is 0 Å². The van der Waals surface area contributed by atoms with Gasteiger partial charge in [-0.05, 0) is 46.8 Å². The van der Waals surface area contributed by atoms with Crippen LogP contribution in [-0.4, -0.2) is 23.5 Å². The Balaban J connectivity index is 2.00. The summed E-state index contributed by atoms with van der Waals surface area (Å²) in [7, 11) is 0. The van der Waals surface area contributed by atoms with Gasteiger partial charge in [-0.15, -0.1) is 0 Å². The van der Waals surface area contributed by atoms with E-state index in [1.54, 1.807) is 6.07 Å². The molecule has 6 heteroatoms. The summed E-state index contributed by atoms with van der Waals surface area (Å²) in [4.78, 5) is 23.2. The van der Waals surface area contributed by atoms with E-state index in [1.165, 1.54) is 12.1 Å². The highest BCUT2D eigenvalue weighted by Gasteiger charge is 2.31. The normalized spacial score (nSPS) is 21.8. The average molecular weight is 358 g/mol. The Labute approximate surface area is 130 Å². The summed E-state index contributed by atoms with van der Waals surface area (Å²) in [6.07, 6.45) is 3.29. The molecule has 0 radical (unpaired) electrons. The minimum atomic E-state index is -0.817. The summed E-state index contributed by atoms with van der Waals surface area (Å²) in [6, 6.07) is 4.52. The van der Waals surface area contributed by atoms with Crippen LogP contribution in [0.1, 0.15) is 36.0 Å². The molecule has 1 aromatic rings. The first-order valence-corrected chi connectivity index (χ1v) is 7.75. The maximum Gasteiger partial charge on any atom is 0.306 e. The molecule has 0 spiro atoms. The lowest BCUT2D eigenvalue weighted by Crippen LogP contribution is -2.37. The second-order valence-corrected chi connectivity index (χ2v) is 6.16. The van der Waals surface area contributed by atoms with E-state index >= 15 is 0 Å². The first-order valence-electron chi connectivity index (χ1n) is 6.95. The van der Waals surface area contributed by atoms with Gasteiger partial charge in [0.15, 0.2) is 0 Å². The molecule has 2 atom stereocenters. The van der Waals surface area contributed by atoms with Crippen molar-refractivity contribution < 1.29 is 19.1 Å². The summed E-state index contributed by atoms with van der Waals surface area (Å²) < 4.78 is 14.1. The van der Waals surface area contributed by atoms with E-state index in [0.29, 0.717) is 6.42 Å². The lowest BCUT2D eigenvalue weighted by molar-refractivity contribution is -0.144. The molecule has 2 N–H and O–H groups in total. The fraction of sp³-hybridized carbons (Fsp3) is 0.467. The number of benzene rings is 1. The van der Waals surface area contributed by atoms with Crippen LogP contribution in [-0.2, 0) is 4.79 Å². The van der Waals surface area contributed by atoms with Crippen molar-refractivity contribution in [1.29, 1.82) is 0 Å². The molecule has 0 aromatic heterocycles. The lowest BCUT2D eigenvalue weighted by Gasteiger charge is -2.28. The SMILES string of the molecule is O=C(NCC1CCCCC1C(=O)O)c1cccc(Br)c1F. The van der Waals surface area contributed by atoms with Crippen molar-refractivity contribution in [2.24, 2.45) is 11.8 Å². The Bertz CT molecular complexity index is 550. The van der Waals surface area contributed by atoms with Crippen molar-refractivity contribution in [2.75, 3.05) is 6.54 Å². The predicted molar refractivity (Wildman–Crippen MR) is 79.5 cm³/mol. The summed E-state index contributed by atoms with van der Waals surface area (Å²) in [5.41, 5.74) is -0.0351. The monoisotopic (exact) mass is 357 g/mol. The van der Waals surface area contributed by atoms with Crippen molar-refractivity contribution in [3.8, 4) is 0 Å². The van der Waals surface area contributed by atoms with E-state index in [2.05, 4.69) is 21.2 Å². The average Bonchev–Trinajstić information content (AvgIpc) is 2.47. The van der Waals surface area contributed by atoms with Gasteiger partial charge in [0, 0.05) is 6.54 Å². The smallest absolute Gasteiger partial charge is 0.306 e. The molecular weight excluding hydrogens is 341 g/mol. The van der Waals surface area contributed by atoms with Gasteiger partial charge in [0.05, 0.1) is 16.0 Å². The molecule has 0 heterocycles. The van der Waals surface area contributed by atoms with Crippen LogP contribution in [0.15, 0.2) is 22.7 Å². The standard InChI is InChI=1S/C15H17BrFNO3/c16-12-7-3-6-11(13(12)17)14(19)18-8-9-4-1-2-5-10(9)15(20)21/h3,6-7,9-10H,1-2,4-5,8H2,(H,18,19)(H,20,21). The molecule has 1 saturated carbocycles. The number of hydrogen-bond acceptors (Lipinski definition) is 2. The van der Waals surface area contributed by atoms with E-state index in [4.69, 9.17) is 0 Å². The minimum Gasteiger partial charge on any atom is -0.481 e. The lowest BCUT2D eigenvalue weighted by atomic mass is 9.79. The van der Waals surface area contributed by atoms with Crippen LogP contribution < -0.4 is 5.32 Å². The zero-order valence-electron chi connectivity index (χ0n) is 11.4. The summed E-state index contributed by atoms with van der Waals surface area (Å²) in [5, 5.41) is 11.9. The number of carboxylic acid groups (broad SMARTS) is 1. The van der Waals surface area contributed by atoms with Crippen LogP contribution in [0.4, 0.5) is 4.39 Å². The van der Waals surface area contributed by atoms with Gasteiger partial charge in [-0.1, -0.05) is 18.9 Å². The van der Waals surface area contributed by atoms with Crippen LogP contribution in [0.25, 0.3) is 0 Å². The molecule has 2 unspecified atom stereocenters. The van der Waals surface area contributed by atoms with Gasteiger partial charge in [-0.2, -0.15) is 0 Å². The second kappa shape index (κ2) is 7.02. The maximum absolute atomic E-state index is 13.8. The fourth-order valence-corrected chi connectivity index (χ4v) is 3.14. The summed E-state index contributed by atoms with van der Waals surface area (Å²) in [5.74, 6) is -2.44. The molecule has 21 heavy (non-hydrogen) atoms. The molecule has 1 aromatic carbocycles. The molecule has 2 rings (SSSR count). The van der Waals surface area contributed by atoms with Gasteiger partial charge in [-0.3, -0.25) is 9.59 Å². The van der Waals surface area contributed by atoms with Crippen molar-refractivity contribution in [1.82, 2.24) is 5.32 Å². The molecule has 0 saturated heterocycles. The molecule has 114 valence electrons. The number of hydrogen-bond donors (Lipinski definition) is 2. The Morgan fingerprint density at radius 1 is 1.33 bits per heavy atom. The van der Waals surface area contributed by atoms with Crippen molar-refractivity contribution in [3.05, 3.63) is 34.1 Å². The fourth-order valence-electron chi connectivity index (χ4n) is 2.78. The number of nitrogens with one attached hydrogen (secondary N) is 1. The zero-order valence-corrected chi connectivity index (χ0v) is 13.0. The number of aliphatic carboxylic acids is 1.